The molecule has 2 rings (SSSR count). The van der Waals surface area contributed by atoms with Gasteiger partial charge in [0, 0.05) is 6.20 Å². The van der Waals surface area contributed by atoms with E-state index < -0.39 is 23.0 Å². The highest BCUT2D eigenvalue weighted by atomic mass is 16.5. The number of hydrogen-bond donors (Lipinski definition) is 1. The van der Waals surface area contributed by atoms with E-state index in [4.69, 9.17) is 4.74 Å². The topological polar surface area (TPSA) is 80.9 Å². The summed E-state index contributed by atoms with van der Waals surface area (Å²) in [5.41, 5.74) is 0.0879. The number of aromatic hydroxyl groups is 1. The molecule has 6 heteroatoms. The van der Waals surface area contributed by atoms with Crippen LogP contribution in [0.3, 0.4) is 0 Å². The van der Waals surface area contributed by atoms with E-state index in [0.29, 0.717) is 0 Å². The van der Waals surface area contributed by atoms with Gasteiger partial charge in [0.15, 0.2) is 5.56 Å². The van der Waals surface area contributed by atoms with Gasteiger partial charge in [-0.1, -0.05) is 0 Å². The number of esters is 1. The molecule has 0 saturated heterocycles. The number of nitrogens with zero attached hydrogens (tertiary/aromatic N) is 2. The maximum Gasteiger partial charge on any atom is 0.349 e. The Morgan fingerprint density at radius 2 is 2.28 bits per heavy atom. The van der Waals surface area contributed by atoms with Gasteiger partial charge in [0.25, 0.3) is 5.56 Å². The lowest BCUT2D eigenvalue weighted by Gasteiger charge is -2.06. The number of hydrogen-bond acceptors (Lipinski definition) is 5. The molecule has 0 unspecified atom stereocenters. The fraction of sp³-hybridized carbons (Fsp3) is 0.250. The van der Waals surface area contributed by atoms with E-state index in [2.05, 4.69) is 4.98 Å². The van der Waals surface area contributed by atoms with Crippen molar-refractivity contribution in [3.05, 3.63) is 39.8 Å². The van der Waals surface area contributed by atoms with Gasteiger partial charge in [-0.05, 0) is 31.5 Å². The van der Waals surface area contributed by atoms with E-state index in [1.807, 2.05) is 6.92 Å². The Morgan fingerprint density at radius 3 is 2.94 bits per heavy atom. The van der Waals surface area contributed by atoms with Crippen LogP contribution in [0.5, 0.6) is 5.88 Å². The Balaban J connectivity index is 2.73. The number of carbonyl (C=O) groups excluding carboxylic acids is 1. The molecule has 0 atom stereocenters. The summed E-state index contributed by atoms with van der Waals surface area (Å²) in [6, 6.07) is 3.35. The molecule has 6 nitrogen and oxygen atoms in total. The van der Waals surface area contributed by atoms with Crippen LogP contribution < -0.4 is 5.56 Å². The molecule has 18 heavy (non-hydrogen) atoms. The van der Waals surface area contributed by atoms with Gasteiger partial charge in [-0.2, -0.15) is 4.98 Å². The van der Waals surface area contributed by atoms with Crippen LogP contribution in [0.25, 0.3) is 5.65 Å². The molecule has 0 aliphatic carbocycles. The fourth-order valence-corrected chi connectivity index (χ4v) is 1.61. The molecular formula is C12H12N2O4. The zero-order valence-corrected chi connectivity index (χ0v) is 10.0. The molecule has 0 radical (unpaired) electrons. The van der Waals surface area contributed by atoms with E-state index in [9.17, 15) is 14.7 Å². The Labute approximate surface area is 102 Å². The average Bonchev–Trinajstić information content (AvgIpc) is 2.28. The highest BCUT2D eigenvalue weighted by Crippen LogP contribution is 2.13. The summed E-state index contributed by atoms with van der Waals surface area (Å²) in [7, 11) is 0. The van der Waals surface area contributed by atoms with Crippen molar-refractivity contribution in [1.82, 2.24) is 9.38 Å². The van der Waals surface area contributed by atoms with Gasteiger partial charge in [-0.15, -0.1) is 0 Å². The predicted octanol–water partition coefficient (Wildman–Crippen LogP) is 0.885. The van der Waals surface area contributed by atoms with Gasteiger partial charge in [-0.3, -0.25) is 9.20 Å². The largest absolute Gasteiger partial charge is 0.492 e. The molecule has 0 aliphatic heterocycles. The minimum absolute atomic E-state index is 0.119. The molecule has 1 N–H and O–H groups in total. The first-order valence-corrected chi connectivity index (χ1v) is 5.43. The summed E-state index contributed by atoms with van der Waals surface area (Å²) in [6.07, 6.45) is 1.50. The fourth-order valence-electron chi connectivity index (χ4n) is 1.61. The third-order valence-corrected chi connectivity index (χ3v) is 2.45. The highest BCUT2D eigenvalue weighted by molar-refractivity contribution is 5.91. The number of fused-ring (bicyclic) bond motifs is 1. The lowest BCUT2D eigenvalue weighted by atomic mass is 10.2. The third-order valence-electron chi connectivity index (χ3n) is 2.45. The normalized spacial score (nSPS) is 10.6. The number of aryl methyl sites for hydroxylation is 1. The zero-order valence-electron chi connectivity index (χ0n) is 10.0. The minimum Gasteiger partial charge on any atom is -0.492 e. The number of rotatable bonds is 2. The summed E-state index contributed by atoms with van der Waals surface area (Å²) in [4.78, 5) is 27.4. The van der Waals surface area contributed by atoms with Gasteiger partial charge in [0.1, 0.15) is 5.65 Å². The van der Waals surface area contributed by atoms with Crippen molar-refractivity contribution in [3.8, 4) is 5.88 Å². The van der Waals surface area contributed by atoms with E-state index in [-0.39, 0.29) is 12.3 Å². The van der Waals surface area contributed by atoms with Crippen LogP contribution in [0.1, 0.15) is 22.8 Å². The van der Waals surface area contributed by atoms with Gasteiger partial charge >= 0.3 is 5.97 Å². The van der Waals surface area contributed by atoms with Gasteiger partial charge in [-0.25, -0.2) is 4.79 Å². The zero-order chi connectivity index (χ0) is 13.3. The third kappa shape index (κ3) is 1.92. The van der Waals surface area contributed by atoms with E-state index >= 15 is 0 Å². The maximum atomic E-state index is 12.0. The van der Waals surface area contributed by atoms with E-state index in [1.54, 1.807) is 19.1 Å². The molecule has 0 aromatic carbocycles. The minimum atomic E-state index is -0.873. The molecule has 2 aromatic rings. The standard InChI is InChI=1S/C12H12N2O4/c1-3-18-12(17)9-10(15)13-8-6-7(2)4-5-14(8)11(9)16/h4-6,15H,3H2,1-2H3. The number of ether oxygens (including phenoxy) is 1. The molecule has 0 aliphatic rings. The van der Waals surface area contributed by atoms with Gasteiger partial charge in [0.05, 0.1) is 6.61 Å². The van der Waals surface area contributed by atoms with E-state index in [0.717, 1.165) is 5.56 Å². The molecule has 2 heterocycles. The summed E-state index contributed by atoms with van der Waals surface area (Å²) >= 11 is 0. The van der Waals surface area contributed by atoms with Crippen LogP contribution in [-0.4, -0.2) is 27.1 Å². The van der Waals surface area contributed by atoms with Crippen LogP contribution in [0.2, 0.25) is 0 Å². The quantitative estimate of drug-likeness (QED) is 0.798. The van der Waals surface area contributed by atoms with Gasteiger partial charge < -0.3 is 9.84 Å². The monoisotopic (exact) mass is 248 g/mol. The molecule has 0 fully saturated rings. The highest BCUT2D eigenvalue weighted by Gasteiger charge is 2.20. The first-order valence-electron chi connectivity index (χ1n) is 5.43. The smallest absolute Gasteiger partial charge is 0.349 e. The SMILES string of the molecule is CCOC(=O)c1c(O)nc2cc(C)ccn2c1=O. The summed E-state index contributed by atoms with van der Waals surface area (Å²) in [5.74, 6) is -1.48. The Kier molecular flexibility index (Phi) is 3.01. The second-order valence-corrected chi connectivity index (χ2v) is 3.77. The van der Waals surface area contributed by atoms with E-state index in [1.165, 1.54) is 10.6 Å². The molecular weight excluding hydrogens is 236 g/mol. The van der Waals surface area contributed by atoms with Crippen molar-refractivity contribution in [3.63, 3.8) is 0 Å². The van der Waals surface area contributed by atoms with Crippen molar-refractivity contribution in [2.24, 2.45) is 0 Å². The second kappa shape index (κ2) is 4.48. The number of carbonyl (C=O) groups is 1. The van der Waals surface area contributed by atoms with Crippen LogP contribution in [-0.2, 0) is 4.74 Å². The van der Waals surface area contributed by atoms with Crippen LogP contribution in [0.4, 0.5) is 0 Å². The van der Waals surface area contributed by atoms with Crippen LogP contribution >= 0.6 is 0 Å². The van der Waals surface area contributed by atoms with Crippen LogP contribution in [0.15, 0.2) is 23.1 Å². The van der Waals surface area contributed by atoms with Crippen molar-refractivity contribution in [2.75, 3.05) is 6.61 Å². The van der Waals surface area contributed by atoms with Crippen LogP contribution in [0, 0.1) is 6.92 Å². The van der Waals surface area contributed by atoms with Gasteiger partial charge in [0.2, 0.25) is 5.88 Å². The molecule has 0 saturated carbocycles. The Morgan fingerprint density at radius 1 is 1.56 bits per heavy atom. The average molecular weight is 248 g/mol. The summed E-state index contributed by atoms with van der Waals surface area (Å²) in [5, 5.41) is 9.65. The van der Waals surface area contributed by atoms with Crippen molar-refractivity contribution in [1.29, 1.82) is 0 Å². The number of pyridine rings is 1. The van der Waals surface area contributed by atoms with Crippen molar-refractivity contribution in [2.45, 2.75) is 13.8 Å². The first kappa shape index (κ1) is 12.1. The molecule has 0 amide bonds. The lowest BCUT2D eigenvalue weighted by Crippen LogP contribution is -2.24. The molecule has 2 aromatic heterocycles. The Hall–Kier alpha value is -2.37. The lowest BCUT2D eigenvalue weighted by molar-refractivity contribution is 0.0519. The van der Waals surface area contributed by atoms with Crippen molar-refractivity contribution >= 4 is 11.6 Å². The molecule has 94 valence electrons. The maximum absolute atomic E-state index is 12.0. The predicted molar refractivity (Wildman–Crippen MR) is 63.8 cm³/mol. The molecule has 0 bridgehead atoms. The van der Waals surface area contributed by atoms with Crippen molar-refractivity contribution < 1.29 is 14.6 Å². The number of aromatic nitrogens is 2. The first-order chi connectivity index (χ1) is 8.54. The summed E-state index contributed by atoms with van der Waals surface area (Å²) < 4.78 is 5.90. The Bertz CT molecular complexity index is 676. The second-order valence-electron chi connectivity index (χ2n) is 3.77. The summed E-state index contributed by atoms with van der Waals surface area (Å²) in [6.45, 7) is 3.57. The molecule has 0 spiro atoms.